The second-order valence-corrected chi connectivity index (χ2v) is 9.00. The summed E-state index contributed by atoms with van der Waals surface area (Å²) < 4.78 is 26.6. The Morgan fingerprint density at radius 1 is 1.45 bits per heavy atom. The van der Waals surface area contributed by atoms with Crippen LogP contribution in [-0.2, 0) is 16.4 Å². The van der Waals surface area contributed by atoms with Crippen molar-refractivity contribution in [2.75, 3.05) is 12.8 Å². The van der Waals surface area contributed by atoms with Crippen LogP contribution in [0, 0.1) is 11.8 Å². The Morgan fingerprint density at radius 3 is 2.75 bits per heavy atom. The topological polar surface area (TPSA) is 37.4 Å². The van der Waals surface area contributed by atoms with Crippen LogP contribution in [0.4, 0.5) is 0 Å². The minimum atomic E-state index is -3.14. The van der Waals surface area contributed by atoms with Crippen LogP contribution >= 0.6 is 11.3 Å². The molecule has 114 valence electrons. The number of likely N-dealkylation sites (N-methyl/N-ethyl adjacent to an activating group) is 1. The van der Waals surface area contributed by atoms with E-state index in [0.29, 0.717) is 17.6 Å². The zero-order valence-electron chi connectivity index (χ0n) is 12.6. The van der Waals surface area contributed by atoms with Gasteiger partial charge in [-0.25, -0.2) is 12.7 Å². The molecular weight excluding hydrogens is 290 g/mol. The van der Waals surface area contributed by atoms with Gasteiger partial charge in [-0.15, -0.1) is 0 Å². The van der Waals surface area contributed by atoms with Crippen LogP contribution in [0.15, 0.2) is 16.8 Å². The van der Waals surface area contributed by atoms with Crippen molar-refractivity contribution in [2.24, 2.45) is 11.8 Å². The molecule has 3 nitrogen and oxygen atoms in total. The highest BCUT2D eigenvalue weighted by atomic mass is 32.2. The Bertz CT molecular complexity index is 510. The first kappa shape index (κ1) is 16.0. The molecule has 1 aromatic rings. The molecule has 0 bridgehead atoms. The predicted octanol–water partition coefficient (Wildman–Crippen LogP) is 3.38. The van der Waals surface area contributed by atoms with Crippen molar-refractivity contribution in [1.29, 1.82) is 0 Å². The molecule has 0 aromatic carbocycles. The second-order valence-electron chi connectivity index (χ2n) is 6.15. The van der Waals surface area contributed by atoms with Crippen molar-refractivity contribution in [3.63, 3.8) is 0 Å². The summed E-state index contributed by atoms with van der Waals surface area (Å²) in [7, 11) is -1.41. The SMILES string of the molecule is CC(Cc1ccsc1)N(C)S(=O)(=O)C[C@@H]1CCC[C@H]1C. The van der Waals surface area contributed by atoms with Crippen molar-refractivity contribution in [3.05, 3.63) is 22.4 Å². The van der Waals surface area contributed by atoms with E-state index in [-0.39, 0.29) is 6.04 Å². The molecule has 1 heterocycles. The summed E-state index contributed by atoms with van der Waals surface area (Å²) in [5.74, 6) is 1.21. The van der Waals surface area contributed by atoms with Gasteiger partial charge in [0.25, 0.3) is 0 Å². The van der Waals surface area contributed by atoms with Crippen molar-refractivity contribution in [3.8, 4) is 0 Å². The van der Waals surface area contributed by atoms with Crippen molar-refractivity contribution < 1.29 is 8.42 Å². The molecular formula is C15H25NO2S2. The Kier molecular flexibility index (Phi) is 5.26. The van der Waals surface area contributed by atoms with Crippen LogP contribution in [0.5, 0.6) is 0 Å². The average Bonchev–Trinajstić information content (AvgIpc) is 3.01. The first-order valence-electron chi connectivity index (χ1n) is 7.37. The third-order valence-corrected chi connectivity index (χ3v) is 7.45. The maximum absolute atomic E-state index is 12.5. The summed E-state index contributed by atoms with van der Waals surface area (Å²) >= 11 is 1.66. The summed E-state index contributed by atoms with van der Waals surface area (Å²) in [6.07, 6.45) is 4.20. The smallest absolute Gasteiger partial charge is 0.212 e. The summed E-state index contributed by atoms with van der Waals surface area (Å²) in [6, 6.07) is 2.09. The van der Waals surface area contributed by atoms with E-state index in [2.05, 4.69) is 18.4 Å². The quantitative estimate of drug-likeness (QED) is 0.807. The molecule has 5 heteroatoms. The number of hydrogen-bond acceptors (Lipinski definition) is 3. The lowest BCUT2D eigenvalue weighted by molar-refractivity contribution is 0.373. The van der Waals surface area contributed by atoms with Gasteiger partial charge >= 0.3 is 0 Å². The van der Waals surface area contributed by atoms with Gasteiger partial charge in [0.15, 0.2) is 0 Å². The maximum atomic E-state index is 12.5. The van der Waals surface area contributed by atoms with Gasteiger partial charge in [-0.1, -0.05) is 19.8 Å². The number of hydrogen-bond donors (Lipinski definition) is 0. The average molecular weight is 316 g/mol. The second kappa shape index (κ2) is 6.58. The van der Waals surface area contributed by atoms with Gasteiger partial charge in [-0.3, -0.25) is 0 Å². The lowest BCUT2D eigenvalue weighted by Crippen LogP contribution is -2.39. The molecule has 0 amide bonds. The number of thiophene rings is 1. The summed E-state index contributed by atoms with van der Waals surface area (Å²) in [6.45, 7) is 4.18. The zero-order valence-corrected chi connectivity index (χ0v) is 14.2. The monoisotopic (exact) mass is 315 g/mol. The molecule has 1 aliphatic carbocycles. The molecule has 0 radical (unpaired) electrons. The predicted molar refractivity (Wildman–Crippen MR) is 85.5 cm³/mol. The standard InChI is InChI=1S/C15H25NO2S2/c1-12-5-4-6-15(12)11-20(17,18)16(3)13(2)9-14-7-8-19-10-14/h7-8,10,12-13,15H,4-6,9,11H2,1-3H3/t12-,13?,15+/m1/s1. The molecule has 1 aliphatic rings. The van der Waals surface area contributed by atoms with Crippen LogP contribution in [-0.4, -0.2) is 31.6 Å². The molecule has 3 atom stereocenters. The van der Waals surface area contributed by atoms with Crippen molar-refractivity contribution in [1.82, 2.24) is 4.31 Å². The first-order valence-corrected chi connectivity index (χ1v) is 9.92. The number of rotatable bonds is 6. The van der Waals surface area contributed by atoms with Gasteiger partial charge in [-0.2, -0.15) is 11.3 Å². The molecule has 0 saturated heterocycles. The fourth-order valence-electron chi connectivity index (χ4n) is 3.01. The van der Waals surface area contributed by atoms with Crippen LogP contribution in [0.3, 0.4) is 0 Å². The van der Waals surface area contributed by atoms with Crippen molar-refractivity contribution in [2.45, 2.75) is 45.6 Å². The molecule has 1 aromatic heterocycles. The highest BCUT2D eigenvalue weighted by molar-refractivity contribution is 7.89. The minimum Gasteiger partial charge on any atom is -0.212 e. The highest BCUT2D eigenvalue weighted by Crippen LogP contribution is 2.32. The fourth-order valence-corrected chi connectivity index (χ4v) is 5.59. The molecule has 20 heavy (non-hydrogen) atoms. The Balaban J connectivity index is 1.97. The molecule has 0 N–H and O–H groups in total. The van der Waals surface area contributed by atoms with E-state index in [9.17, 15) is 8.42 Å². The summed E-state index contributed by atoms with van der Waals surface area (Å²) in [5.41, 5.74) is 1.22. The highest BCUT2D eigenvalue weighted by Gasteiger charge is 2.32. The van der Waals surface area contributed by atoms with E-state index in [4.69, 9.17) is 0 Å². The van der Waals surface area contributed by atoms with Gasteiger partial charge in [0.1, 0.15) is 0 Å². The number of nitrogens with zero attached hydrogens (tertiary/aromatic N) is 1. The number of sulfonamides is 1. The third kappa shape index (κ3) is 3.83. The lowest BCUT2D eigenvalue weighted by Gasteiger charge is -2.26. The summed E-state index contributed by atoms with van der Waals surface area (Å²) in [5, 5.41) is 4.13. The van der Waals surface area contributed by atoms with Gasteiger partial charge in [0, 0.05) is 13.1 Å². The first-order chi connectivity index (χ1) is 9.40. The maximum Gasteiger partial charge on any atom is 0.214 e. The Hall–Kier alpha value is -0.390. The van der Waals surface area contributed by atoms with E-state index >= 15 is 0 Å². The van der Waals surface area contributed by atoms with Crippen molar-refractivity contribution >= 4 is 21.4 Å². The van der Waals surface area contributed by atoms with Crippen LogP contribution in [0.1, 0.15) is 38.7 Å². The molecule has 1 saturated carbocycles. The van der Waals surface area contributed by atoms with Crippen LogP contribution in [0.2, 0.25) is 0 Å². The van der Waals surface area contributed by atoms with E-state index in [0.717, 1.165) is 12.8 Å². The summed E-state index contributed by atoms with van der Waals surface area (Å²) in [4.78, 5) is 0. The Labute approximate surface area is 127 Å². The lowest BCUT2D eigenvalue weighted by atomic mass is 10.0. The van der Waals surface area contributed by atoms with E-state index < -0.39 is 10.0 Å². The minimum absolute atomic E-state index is 0.0197. The molecule has 2 rings (SSSR count). The molecule has 1 fully saturated rings. The Morgan fingerprint density at radius 2 is 2.20 bits per heavy atom. The van der Waals surface area contributed by atoms with Gasteiger partial charge in [-0.05, 0) is 54.0 Å². The molecule has 1 unspecified atom stereocenters. The van der Waals surface area contributed by atoms with Crippen LogP contribution in [0.25, 0.3) is 0 Å². The van der Waals surface area contributed by atoms with E-state index in [1.54, 1.807) is 22.7 Å². The van der Waals surface area contributed by atoms with E-state index in [1.807, 2.05) is 12.3 Å². The molecule has 0 aliphatic heterocycles. The van der Waals surface area contributed by atoms with Gasteiger partial charge in [0.2, 0.25) is 10.0 Å². The van der Waals surface area contributed by atoms with E-state index in [1.165, 1.54) is 18.4 Å². The van der Waals surface area contributed by atoms with Gasteiger partial charge < -0.3 is 0 Å². The third-order valence-electron chi connectivity index (χ3n) is 4.63. The largest absolute Gasteiger partial charge is 0.214 e. The zero-order chi connectivity index (χ0) is 14.8. The normalized spacial score (nSPS) is 25.2. The fraction of sp³-hybridized carbons (Fsp3) is 0.733. The van der Waals surface area contributed by atoms with Gasteiger partial charge in [0.05, 0.1) is 5.75 Å². The van der Waals surface area contributed by atoms with Crippen LogP contribution < -0.4 is 0 Å². The molecule has 0 spiro atoms.